The van der Waals surface area contributed by atoms with Crippen LogP contribution in [-0.2, 0) is 0 Å². The van der Waals surface area contributed by atoms with Gasteiger partial charge in [-0.1, -0.05) is 23.7 Å². The van der Waals surface area contributed by atoms with E-state index in [-0.39, 0.29) is 11.7 Å². The van der Waals surface area contributed by atoms with E-state index in [2.05, 4.69) is 5.10 Å². The number of halogens is 2. The second-order valence-electron chi connectivity index (χ2n) is 6.64. The lowest BCUT2D eigenvalue weighted by Crippen LogP contribution is -2.36. The molecule has 0 saturated carbocycles. The molecule has 4 rings (SSSR count). The van der Waals surface area contributed by atoms with Crippen molar-refractivity contribution >= 4 is 17.5 Å². The summed E-state index contributed by atoms with van der Waals surface area (Å²) in [5.41, 5.74) is 2.46. The van der Waals surface area contributed by atoms with Crippen molar-refractivity contribution in [1.82, 2.24) is 14.7 Å². The SMILES string of the molecule is O=C(c1cc(-c2ccc(F)cc2)nn1-c1ccccc1Cl)N1CCCCC1. The Morgan fingerprint density at radius 1 is 1.00 bits per heavy atom. The van der Waals surface area contributed by atoms with Gasteiger partial charge in [0.15, 0.2) is 0 Å². The van der Waals surface area contributed by atoms with Crippen molar-refractivity contribution in [1.29, 1.82) is 0 Å². The largest absolute Gasteiger partial charge is 0.337 e. The normalized spacial score (nSPS) is 14.4. The van der Waals surface area contributed by atoms with E-state index in [4.69, 9.17) is 11.6 Å². The number of amides is 1. The Morgan fingerprint density at radius 3 is 2.41 bits per heavy atom. The number of carbonyl (C=O) groups excluding carboxylic acids is 1. The predicted octanol–water partition coefficient (Wildman–Crippen LogP) is 4.96. The molecule has 0 bridgehead atoms. The molecule has 0 N–H and O–H groups in total. The van der Waals surface area contributed by atoms with Gasteiger partial charge in [-0.2, -0.15) is 5.10 Å². The summed E-state index contributed by atoms with van der Waals surface area (Å²) in [6, 6.07) is 15.1. The predicted molar refractivity (Wildman–Crippen MR) is 104 cm³/mol. The Hall–Kier alpha value is -2.66. The highest BCUT2D eigenvalue weighted by Crippen LogP contribution is 2.27. The van der Waals surface area contributed by atoms with Gasteiger partial charge < -0.3 is 4.90 Å². The van der Waals surface area contributed by atoms with Crippen LogP contribution in [-0.4, -0.2) is 33.7 Å². The molecule has 1 saturated heterocycles. The molecule has 3 aromatic rings. The van der Waals surface area contributed by atoms with Crippen molar-refractivity contribution in [3.05, 3.63) is 71.1 Å². The summed E-state index contributed by atoms with van der Waals surface area (Å²) in [7, 11) is 0. The number of nitrogens with zero attached hydrogens (tertiary/aromatic N) is 3. The average Bonchev–Trinajstić information content (AvgIpc) is 3.14. The molecule has 0 atom stereocenters. The zero-order valence-corrected chi connectivity index (χ0v) is 15.5. The second kappa shape index (κ2) is 7.53. The number of rotatable bonds is 3. The molecule has 138 valence electrons. The summed E-state index contributed by atoms with van der Waals surface area (Å²) < 4.78 is 14.9. The molecule has 2 aromatic carbocycles. The molecule has 0 aliphatic carbocycles. The van der Waals surface area contributed by atoms with E-state index in [9.17, 15) is 9.18 Å². The minimum absolute atomic E-state index is 0.0597. The van der Waals surface area contributed by atoms with E-state index in [1.807, 2.05) is 23.1 Å². The Bertz CT molecular complexity index is 962. The molecule has 1 aliphatic heterocycles. The van der Waals surface area contributed by atoms with Crippen LogP contribution in [0.4, 0.5) is 4.39 Å². The maximum Gasteiger partial charge on any atom is 0.272 e. The monoisotopic (exact) mass is 383 g/mol. The number of likely N-dealkylation sites (tertiary alicyclic amines) is 1. The highest BCUT2D eigenvalue weighted by Gasteiger charge is 2.24. The lowest BCUT2D eigenvalue weighted by molar-refractivity contribution is 0.0715. The zero-order chi connectivity index (χ0) is 18.8. The molecule has 1 fully saturated rings. The van der Waals surface area contributed by atoms with Crippen LogP contribution in [0.3, 0.4) is 0 Å². The van der Waals surface area contributed by atoms with Crippen LogP contribution in [0, 0.1) is 5.82 Å². The van der Waals surface area contributed by atoms with Crippen molar-refractivity contribution in [3.8, 4) is 16.9 Å². The van der Waals surface area contributed by atoms with Gasteiger partial charge in [0.25, 0.3) is 5.91 Å². The molecule has 1 aromatic heterocycles. The standard InChI is InChI=1S/C21H19ClFN3O/c22-17-6-2-3-7-19(17)26-20(21(27)25-12-4-1-5-13-25)14-18(24-26)15-8-10-16(23)11-9-15/h2-3,6-11,14H,1,4-5,12-13H2. The van der Waals surface area contributed by atoms with Gasteiger partial charge >= 0.3 is 0 Å². The number of piperidine rings is 1. The summed E-state index contributed by atoms with van der Waals surface area (Å²) in [4.78, 5) is 15.0. The highest BCUT2D eigenvalue weighted by molar-refractivity contribution is 6.32. The van der Waals surface area contributed by atoms with Crippen LogP contribution in [0.15, 0.2) is 54.6 Å². The minimum atomic E-state index is -0.311. The van der Waals surface area contributed by atoms with Gasteiger partial charge in [0.2, 0.25) is 0 Å². The van der Waals surface area contributed by atoms with Crippen LogP contribution in [0.5, 0.6) is 0 Å². The van der Waals surface area contributed by atoms with Crippen molar-refractivity contribution in [2.75, 3.05) is 13.1 Å². The van der Waals surface area contributed by atoms with Crippen molar-refractivity contribution in [2.24, 2.45) is 0 Å². The molecule has 6 heteroatoms. The van der Waals surface area contributed by atoms with Crippen LogP contribution in [0.25, 0.3) is 16.9 Å². The fourth-order valence-corrected chi connectivity index (χ4v) is 3.58. The topological polar surface area (TPSA) is 38.1 Å². The number of carbonyl (C=O) groups is 1. The average molecular weight is 384 g/mol. The van der Waals surface area contributed by atoms with E-state index in [1.54, 1.807) is 28.9 Å². The highest BCUT2D eigenvalue weighted by atomic mass is 35.5. The Balaban J connectivity index is 1.81. The smallest absolute Gasteiger partial charge is 0.272 e. The molecule has 0 spiro atoms. The third kappa shape index (κ3) is 3.60. The van der Waals surface area contributed by atoms with Crippen LogP contribution in [0.2, 0.25) is 5.02 Å². The van der Waals surface area contributed by atoms with E-state index in [1.165, 1.54) is 12.1 Å². The molecule has 1 amide bonds. The fourth-order valence-electron chi connectivity index (χ4n) is 3.36. The van der Waals surface area contributed by atoms with Gasteiger partial charge in [0.05, 0.1) is 16.4 Å². The van der Waals surface area contributed by atoms with E-state index >= 15 is 0 Å². The maximum absolute atomic E-state index is 13.3. The fraction of sp³-hybridized carbons (Fsp3) is 0.238. The lowest BCUT2D eigenvalue weighted by Gasteiger charge is -2.26. The second-order valence-corrected chi connectivity index (χ2v) is 7.04. The van der Waals surface area contributed by atoms with Crippen molar-refractivity contribution in [3.63, 3.8) is 0 Å². The molecular weight excluding hydrogens is 365 g/mol. The van der Waals surface area contributed by atoms with Gasteiger partial charge in [-0.15, -0.1) is 0 Å². The first-order valence-corrected chi connectivity index (χ1v) is 9.41. The van der Waals surface area contributed by atoms with Gasteiger partial charge in [0, 0.05) is 18.7 Å². The summed E-state index contributed by atoms with van der Waals surface area (Å²) >= 11 is 6.36. The first-order chi connectivity index (χ1) is 13.1. The van der Waals surface area contributed by atoms with Crippen molar-refractivity contribution < 1.29 is 9.18 Å². The maximum atomic E-state index is 13.3. The number of hydrogen-bond acceptors (Lipinski definition) is 2. The quantitative estimate of drug-likeness (QED) is 0.641. The number of benzene rings is 2. The number of aromatic nitrogens is 2. The van der Waals surface area contributed by atoms with Gasteiger partial charge in [-0.05, 0) is 61.7 Å². The first-order valence-electron chi connectivity index (χ1n) is 9.04. The number of hydrogen-bond donors (Lipinski definition) is 0. The third-order valence-corrected chi connectivity index (χ3v) is 5.11. The molecule has 1 aliphatic rings. The van der Waals surface area contributed by atoms with Crippen LogP contribution < -0.4 is 0 Å². The summed E-state index contributed by atoms with van der Waals surface area (Å²) in [6.07, 6.45) is 3.17. The third-order valence-electron chi connectivity index (χ3n) is 4.79. The lowest BCUT2D eigenvalue weighted by atomic mass is 10.1. The Morgan fingerprint density at radius 2 is 1.70 bits per heavy atom. The molecule has 2 heterocycles. The zero-order valence-electron chi connectivity index (χ0n) is 14.7. The summed E-state index contributed by atoms with van der Waals surface area (Å²) in [5, 5.41) is 5.13. The summed E-state index contributed by atoms with van der Waals surface area (Å²) in [6.45, 7) is 1.50. The first kappa shape index (κ1) is 17.7. The molecule has 0 radical (unpaired) electrons. The van der Waals surface area contributed by atoms with Gasteiger partial charge in [-0.3, -0.25) is 4.79 Å². The van der Waals surface area contributed by atoms with Crippen molar-refractivity contribution in [2.45, 2.75) is 19.3 Å². The Kier molecular flexibility index (Phi) is 4.94. The van der Waals surface area contributed by atoms with Crippen LogP contribution in [0.1, 0.15) is 29.8 Å². The molecule has 0 unspecified atom stereocenters. The van der Waals surface area contributed by atoms with Crippen LogP contribution >= 0.6 is 11.6 Å². The van der Waals surface area contributed by atoms with E-state index in [0.717, 1.165) is 37.9 Å². The van der Waals surface area contributed by atoms with E-state index < -0.39 is 0 Å². The summed E-state index contributed by atoms with van der Waals surface area (Å²) in [5.74, 6) is -0.371. The molecular formula is C21H19ClFN3O. The van der Waals surface area contributed by atoms with Gasteiger partial charge in [-0.25, -0.2) is 9.07 Å². The minimum Gasteiger partial charge on any atom is -0.337 e. The number of para-hydroxylation sites is 1. The van der Waals surface area contributed by atoms with Gasteiger partial charge in [0.1, 0.15) is 11.5 Å². The Labute approximate surface area is 162 Å². The van der Waals surface area contributed by atoms with E-state index in [0.29, 0.717) is 22.1 Å². The molecule has 27 heavy (non-hydrogen) atoms. The molecule has 4 nitrogen and oxygen atoms in total.